The van der Waals surface area contributed by atoms with Gasteiger partial charge >= 0.3 is 0 Å². The lowest BCUT2D eigenvalue weighted by atomic mass is 10.1. The van der Waals surface area contributed by atoms with Crippen molar-refractivity contribution >= 4 is 5.69 Å². The highest BCUT2D eigenvalue weighted by atomic mass is 16.6. The molecule has 0 saturated carbocycles. The van der Waals surface area contributed by atoms with Gasteiger partial charge in [0.25, 0.3) is 5.69 Å². The van der Waals surface area contributed by atoms with Crippen LogP contribution in [-0.4, -0.2) is 18.1 Å². The van der Waals surface area contributed by atoms with E-state index >= 15 is 0 Å². The molecule has 5 heteroatoms. The van der Waals surface area contributed by atoms with Gasteiger partial charge in [-0.15, -0.1) is 6.42 Å². The number of rotatable bonds is 5. The van der Waals surface area contributed by atoms with Gasteiger partial charge in [-0.3, -0.25) is 15.4 Å². The summed E-state index contributed by atoms with van der Waals surface area (Å²) in [5.74, 6) is 2.99. The first-order valence-corrected chi connectivity index (χ1v) is 5.08. The molecule has 1 aromatic rings. The van der Waals surface area contributed by atoms with E-state index in [1.807, 2.05) is 6.92 Å². The number of nitro benzene ring substituents is 1. The van der Waals surface area contributed by atoms with Gasteiger partial charge in [0, 0.05) is 12.6 Å². The largest absolute Gasteiger partial charge is 0.496 e. The topological polar surface area (TPSA) is 64.4 Å². The molecule has 0 aliphatic heterocycles. The first-order valence-electron chi connectivity index (χ1n) is 5.08. The van der Waals surface area contributed by atoms with Gasteiger partial charge in [0.2, 0.25) is 0 Å². The van der Waals surface area contributed by atoms with Crippen LogP contribution in [0, 0.1) is 22.5 Å². The van der Waals surface area contributed by atoms with E-state index in [9.17, 15) is 10.1 Å². The van der Waals surface area contributed by atoms with E-state index in [0.29, 0.717) is 12.3 Å². The van der Waals surface area contributed by atoms with E-state index in [4.69, 9.17) is 11.2 Å². The summed E-state index contributed by atoms with van der Waals surface area (Å²) in [6.07, 6.45) is 5.22. The molecule has 1 unspecified atom stereocenters. The number of benzene rings is 1. The van der Waals surface area contributed by atoms with Crippen molar-refractivity contribution in [1.82, 2.24) is 5.32 Å². The number of non-ortho nitro benzene ring substituents is 1. The monoisotopic (exact) mass is 234 g/mol. The summed E-state index contributed by atoms with van der Waals surface area (Å²) in [6.45, 7) is 2.30. The van der Waals surface area contributed by atoms with Crippen LogP contribution in [0.1, 0.15) is 12.5 Å². The zero-order valence-electron chi connectivity index (χ0n) is 9.77. The molecule has 90 valence electrons. The van der Waals surface area contributed by atoms with Gasteiger partial charge < -0.3 is 4.74 Å². The minimum absolute atomic E-state index is 0.00881. The number of ether oxygens (including phenoxy) is 1. The Kier molecular flexibility index (Phi) is 4.49. The van der Waals surface area contributed by atoms with Crippen LogP contribution in [0.3, 0.4) is 0 Å². The molecule has 0 amide bonds. The summed E-state index contributed by atoms with van der Waals surface area (Å²) in [5, 5.41) is 13.8. The van der Waals surface area contributed by atoms with E-state index < -0.39 is 4.92 Å². The van der Waals surface area contributed by atoms with Crippen LogP contribution in [0.2, 0.25) is 0 Å². The summed E-state index contributed by atoms with van der Waals surface area (Å²) in [7, 11) is 1.47. The van der Waals surface area contributed by atoms with E-state index in [2.05, 4.69) is 11.2 Å². The molecule has 0 aliphatic carbocycles. The Balaban J connectivity index is 2.88. The molecule has 1 aromatic carbocycles. The molecule has 0 fully saturated rings. The maximum Gasteiger partial charge on any atom is 0.273 e. The minimum atomic E-state index is -0.448. The third-order valence-corrected chi connectivity index (χ3v) is 2.26. The standard InChI is InChI=1S/C12H14N2O3/c1-4-9(2)13-8-10-5-11(14(15)16)7-12(6-10)17-3/h1,5-7,9,13H,8H2,2-3H3. The number of nitrogens with one attached hydrogen (secondary N) is 1. The third kappa shape index (κ3) is 3.78. The molecule has 0 aromatic heterocycles. The lowest BCUT2D eigenvalue weighted by Gasteiger charge is -2.08. The lowest BCUT2D eigenvalue weighted by Crippen LogP contribution is -2.23. The van der Waals surface area contributed by atoms with Crippen LogP contribution in [0.25, 0.3) is 0 Å². The molecule has 17 heavy (non-hydrogen) atoms. The predicted octanol–water partition coefficient (Wildman–Crippen LogP) is 1.71. The Morgan fingerprint density at radius 3 is 2.82 bits per heavy atom. The molecule has 1 rings (SSSR count). The van der Waals surface area contributed by atoms with Crippen molar-refractivity contribution in [1.29, 1.82) is 0 Å². The summed E-state index contributed by atoms with van der Waals surface area (Å²) in [4.78, 5) is 10.3. The first kappa shape index (κ1) is 13.0. The molecule has 0 saturated heterocycles. The van der Waals surface area contributed by atoms with Gasteiger partial charge in [0.1, 0.15) is 5.75 Å². The Morgan fingerprint density at radius 2 is 2.29 bits per heavy atom. The molecular formula is C12H14N2O3. The molecule has 1 N–H and O–H groups in total. The van der Waals surface area contributed by atoms with E-state index in [-0.39, 0.29) is 11.7 Å². The first-order chi connectivity index (χ1) is 8.06. The Morgan fingerprint density at radius 1 is 1.59 bits per heavy atom. The maximum atomic E-state index is 10.7. The third-order valence-electron chi connectivity index (χ3n) is 2.26. The normalized spacial score (nSPS) is 11.6. The summed E-state index contributed by atoms with van der Waals surface area (Å²) < 4.78 is 5.01. The maximum absolute atomic E-state index is 10.7. The SMILES string of the molecule is C#CC(C)NCc1cc(OC)cc([N+](=O)[O-])c1. The van der Waals surface area contributed by atoms with Gasteiger partial charge in [-0.1, -0.05) is 5.92 Å². The molecule has 5 nitrogen and oxygen atoms in total. The van der Waals surface area contributed by atoms with Crippen molar-refractivity contribution in [2.75, 3.05) is 7.11 Å². The molecule has 0 bridgehead atoms. The number of hydrogen-bond acceptors (Lipinski definition) is 4. The zero-order chi connectivity index (χ0) is 12.8. The van der Waals surface area contributed by atoms with Crippen LogP contribution in [0.4, 0.5) is 5.69 Å². The fourth-order valence-electron chi connectivity index (χ4n) is 1.30. The Labute approximate surface area is 99.9 Å². The average Bonchev–Trinajstić information content (AvgIpc) is 2.35. The second-order valence-electron chi connectivity index (χ2n) is 3.57. The molecular weight excluding hydrogens is 220 g/mol. The highest BCUT2D eigenvalue weighted by Gasteiger charge is 2.10. The van der Waals surface area contributed by atoms with Crippen molar-refractivity contribution < 1.29 is 9.66 Å². The van der Waals surface area contributed by atoms with Crippen LogP contribution in [-0.2, 0) is 6.54 Å². The van der Waals surface area contributed by atoms with E-state index in [1.165, 1.54) is 19.2 Å². The number of terminal acetylenes is 1. The average molecular weight is 234 g/mol. The second-order valence-corrected chi connectivity index (χ2v) is 3.57. The van der Waals surface area contributed by atoms with Crippen molar-refractivity contribution in [3.63, 3.8) is 0 Å². The van der Waals surface area contributed by atoms with Gasteiger partial charge in [-0.25, -0.2) is 0 Å². The summed E-state index contributed by atoms with van der Waals surface area (Å²) >= 11 is 0. The second kappa shape index (κ2) is 5.87. The molecule has 0 heterocycles. The fraction of sp³-hybridized carbons (Fsp3) is 0.333. The van der Waals surface area contributed by atoms with Crippen molar-refractivity contribution in [2.45, 2.75) is 19.5 Å². The van der Waals surface area contributed by atoms with Crippen LogP contribution >= 0.6 is 0 Å². The van der Waals surface area contributed by atoms with Crippen molar-refractivity contribution in [3.8, 4) is 18.1 Å². The van der Waals surface area contributed by atoms with Gasteiger partial charge in [-0.05, 0) is 18.6 Å². The van der Waals surface area contributed by atoms with E-state index in [1.54, 1.807) is 6.07 Å². The molecule has 0 spiro atoms. The fourth-order valence-corrected chi connectivity index (χ4v) is 1.30. The number of nitrogens with zero attached hydrogens (tertiary/aromatic N) is 1. The van der Waals surface area contributed by atoms with Gasteiger partial charge in [0.15, 0.2) is 0 Å². The molecule has 1 atom stereocenters. The Bertz CT molecular complexity index is 452. The number of hydrogen-bond donors (Lipinski definition) is 1. The highest BCUT2D eigenvalue weighted by Crippen LogP contribution is 2.22. The van der Waals surface area contributed by atoms with Crippen molar-refractivity contribution in [2.24, 2.45) is 0 Å². The Hall–Kier alpha value is -2.06. The minimum Gasteiger partial charge on any atom is -0.496 e. The van der Waals surface area contributed by atoms with Gasteiger partial charge in [0.05, 0.1) is 24.1 Å². The van der Waals surface area contributed by atoms with Crippen molar-refractivity contribution in [3.05, 3.63) is 33.9 Å². The van der Waals surface area contributed by atoms with Gasteiger partial charge in [-0.2, -0.15) is 0 Å². The lowest BCUT2D eigenvalue weighted by molar-refractivity contribution is -0.385. The van der Waals surface area contributed by atoms with Crippen LogP contribution in [0.5, 0.6) is 5.75 Å². The van der Waals surface area contributed by atoms with Crippen LogP contribution in [0.15, 0.2) is 18.2 Å². The summed E-state index contributed by atoms with van der Waals surface area (Å²) in [5.41, 5.74) is 0.771. The number of nitro groups is 1. The zero-order valence-corrected chi connectivity index (χ0v) is 9.77. The van der Waals surface area contributed by atoms with E-state index in [0.717, 1.165) is 5.56 Å². The smallest absolute Gasteiger partial charge is 0.273 e. The summed E-state index contributed by atoms with van der Waals surface area (Å²) in [6, 6.07) is 4.54. The molecule has 0 aliphatic rings. The predicted molar refractivity (Wildman–Crippen MR) is 64.8 cm³/mol. The number of methoxy groups -OCH3 is 1. The quantitative estimate of drug-likeness (QED) is 0.478. The highest BCUT2D eigenvalue weighted by molar-refractivity contribution is 5.42. The molecule has 0 radical (unpaired) electrons. The van der Waals surface area contributed by atoms with Crippen LogP contribution < -0.4 is 10.1 Å².